The van der Waals surface area contributed by atoms with Gasteiger partial charge in [0, 0.05) is 6.04 Å². The van der Waals surface area contributed by atoms with Crippen LogP contribution < -0.4 is 11.5 Å². The molecular formula is C17H38N2. The molecule has 0 heterocycles. The van der Waals surface area contributed by atoms with Crippen molar-refractivity contribution in [3.05, 3.63) is 0 Å². The predicted molar refractivity (Wildman–Crippen MR) is 87.3 cm³/mol. The molecule has 0 amide bonds. The summed E-state index contributed by atoms with van der Waals surface area (Å²) in [7, 11) is 0. The van der Waals surface area contributed by atoms with Gasteiger partial charge in [-0.15, -0.1) is 0 Å². The summed E-state index contributed by atoms with van der Waals surface area (Å²) < 4.78 is 0. The monoisotopic (exact) mass is 270 g/mol. The fraction of sp³-hybridized carbons (Fsp3) is 1.00. The highest BCUT2D eigenvalue weighted by atomic mass is 14.6. The van der Waals surface area contributed by atoms with Gasteiger partial charge in [0.2, 0.25) is 0 Å². The molecule has 0 aliphatic heterocycles. The van der Waals surface area contributed by atoms with Crippen LogP contribution in [0.3, 0.4) is 0 Å². The van der Waals surface area contributed by atoms with Crippen molar-refractivity contribution in [1.29, 1.82) is 0 Å². The molecule has 0 fully saturated rings. The van der Waals surface area contributed by atoms with E-state index in [9.17, 15) is 0 Å². The molecule has 0 saturated heterocycles. The third kappa shape index (κ3) is 15.9. The van der Waals surface area contributed by atoms with E-state index in [0.717, 1.165) is 6.54 Å². The molecule has 0 aliphatic carbocycles. The van der Waals surface area contributed by atoms with Gasteiger partial charge in [-0.1, -0.05) is 77.6 Å². The van der Waals surface area contributed by atoms with E-state index in [1.54, 1.807) is 0 Å². The predicted octanol–water partition coefficient (Wildman–Crippen LogP) is 4.75. The van der Waals surface area contributed by atoms with Crippen LogP contribution in [0.4, 0.5) is 0 Å². The van der Waals surface area contributed by atoms with Crippen LogP contribution in [-0.2, 0) is 0 Å². The maximum absolute atomic E-state index is 6.14. The van der Waals surface area contributed by atoms with Crippen LogP contribution in [0.1, 0.15) is 96.8 Å². The Morgan fingerprint density at radius 3 is 1.53 bits per heavy atom. The molecule has 116 valence electrons. The first-order valence-electron chi connectivity index (χ1n) is 8.77. The minimum atomic E-state index is 0.443. The van der Waals surface area contributed by atoms with E-state index in [-0.39, 0.29) is 0 Å². The SMILES string of the molecule is CCCCCCCCCCC(N)CCCCCCN. The van der Waals surface area contributed by atoms with Gasteiger partial charge in [-0.2, -0.15) is 0 Å². The Kier molecular flexibility index (Phi) is 15.9. The van der Waals surface area contributed by atoms with E-state index in [1.165, 1.54) is 89.9 Å². The maximum atomic E-state index is 6.14. The van der Waals surface area contributed by atoms with E-state index in [4.69, 9.17) is 11.5 Å². The van der Waals surface area contributed by atoms with Gasteiger partial charge in [-0.25, -0.2) is 0 Å². The fourth-order valence-electron chi connectivity index (χ4n) is 2.59. The lowest BCUT2D eigenvalue weighted by Crippen LogP contribution is -2.19. The molecule has 4 N–H and O–H groups in total. The zero-order valence-corrected chi connectivity index (χ0v) is 13.3. The lowest BCUT2D eigenvalue weighted by Gasteiger charge is -2.11. The molecule has 19 heavy (non-hydrogen) atoms. The zero-order valence-electron chi connectivity index (χ0n) is 13.3. The number of hydrogen-bond acceptors (Lipinski definition) is 2. The quantitative estimate of drug-likeness (QED) is 0.422. The van der Waals surface area contributed by atoms with E-state index in [0.29, 0.717) is 6.04 Å². The van der Waals surface area contributed by atoms with E-state index in [1.807, 2.05) is 0 Å². The number of rotatable bonds is 15. The fourth-order valence-corrected chi connectivity index (χ4v) is 2.59. The Hall–Kier alpha value is -0.0800. The van der Waals surface area contributed by atoms with Crippen molar-refractivity contribution in [3.8, 4) is 0 Å². The van der Waals surface area contributed by atoms with Gasteiger partial charge in [0.1, 0.15) is 0 Å². The summed E-state index contributed by atoms with van der Waals surface area (Å²) in [6, 6.07) is 0.443. The summed E-state index contributed by atoms with van der Waals surface area (Å²) in [5.41, 5.74) is 11.6. The number of unbranched alkanes of at least 4 members (excludes halogenated alkanes) is 10. The topological polar surface area (TPSA) is 52.0 Å². The summed E-state index contributed by atoms with van der Waals surface area (Å²) in [4.78, 5) is 0. The molecular weight excluding hydrogens is 232 g/mol. The van der Waals surface area contributed by atoms with Gasteiger partial charge < -0.3 is 11.5 Å². The summed E-state index contributed by atoms with van der Waals surface area (Å²) in [5.74, 6) is 0. The van der Waals surface area contributed by atoms with Crippen molar-refractivity contribution in [3.63, 3.8) is 0 Å². The molecule has 2 heteroatoms. The molecule has 0 aromatic heterocycles. The smallest absolute Gasteiger partial charge is 0.00388 e. The van der Waals surface area contributed by atoms with Crippen molar-refractivity contribution in [2.45, 2.75) is 103 Å². The second kappa shape index (κ2) is 16.0. The van der Waals surface area contributed by atoms with Crippen molar-refractivity contribution in [2.24, 2.45) is 11.5 Å². The second-order valence-electron chi connectivity index (χ2n) is 6.02. The van der Waals surface area contributed by atoms with E-state index < -0.39 is 0 Å². The van der Waals surface area contributed by atoms with Gasteiger partial charge in [-0.3, -0.25) is 0 Å². The van der Waals surface area contributed by atoms with Gasteiger partial charge >= 0.3 is 0 Å². The molecule has 1 atom stereocenters. The molecule has 0 aromatic carbocycles. The summed E-state index contributed by atoms with van der Waals surface area (Å²) in [6.45, 7) is 3.11. The molecule has 0 aromatic rings. The van der Waals surface area contributed by atoms with E-state index in [2.05, 4.69) is 6.92 Å². The average molecular weight is 271 g/mol. The second-order valence-corrected chi connectivity index (χ2v) is 6.02. The lowest BCUT2D eigenvalue weighted by atomic mass is 10.0. The van der Waals surface area contributed by atoms with Crippen molar-refractivity contribution in [2.75, 3.05) is 6.54 Å². The maximum Gasteiger partial charge on any atom is 0.00388 e. The highest BCUT2D eigenvalue weighted by Crippen LogP contribution is 2.12. The normalized spacial score (nSPS) is 12.8. The highest BCUT2D eigenvalue weighted by molar-refractivity contribution is 4.62. The molecule has 2 nitrogen and oxygen atoms in total. The summed E-state index contributed by atoms with van der Waals surface area (Å²) in [5, 5.41) is 0. The molecule has 0 aliphatic rings. The Morgan fingerprint density at radius 1 is 0.632 bits per heavy atom. The molecule has 0 rings (SSSR count). The van der Waals surface area contributed by atoms with Crippen LogP contribution in [0.2, 0.25) is 0 Å². The van der Waals surface area contributed by atoms with Crippen molar-refractivity contribution >= 4 is 0 Å². The van der Waals surface area contributed by atoms with Crippen LogP contribution in [-0.4, -0.2) is 12.6 Å². The number of hydrogen-bond donors (Lipinski definition) is 2. The standard InChI is InChI=1S/C17H38N2/c1-2-3-4-5-6-7-8-11-14-17(19)15-12-9-10-13-16-18/h17H,2-16,18-19H2,1H3. The van der Waals surface area contributed by atoms with Gasteiger partial charge in [0.15, 0.2) is 0 Å². The average Bonchev–Trinajstić information content (AvgIpc) is 2.41. The van der Waals surface area contributed by atoms with Crippen LogP contribution >= 0.6 is 0 Å². The molecule has 0 radical (unpaired) electrons. The Balaban J connectivity index is 3.09. The molecule has 0 saturated carbocycles. The summed E-state index contributed by atoms with van der Waals surface area (Å²) in [6.07, 6.45) is 18.7. The van der Waals surface area contributed by atoms with Crippen LogP contribution in [0, 0.1) is 0 Å². The number of nitrogens with two attached hydrogens (primary N) is 2. The Morgan fingerprint density at radius 2 is 1.05 bits per heavy atom. The van der Waals surface area contributed by atoms with Crippen LogP contribution in [0.25, 0.3) is 0 Å². The molecule has 1 unspecified atom stereocenters. The first-order valence-corrected chi connectivity index (χ1v) is 8.77. The Labute approximate surface area is 121 Å². The van der Waals surface area contributed by atoms with E-state index >= 15 is 0 Å². The molecule has 0 spiro atoms. The minimum Gasteiger partial charge on any atom is -0.330 e. The first kappa shape index (κ1) is 18.9. The van der Waals surface area contributed by atoms with Gasteiger partial charge in [0.25, 0.3) is 0 Å². The largest absolute Gasteiger partial charge is 0.330 e. The van der Waals surface area contributed by atoms with Crippen LogP contribution in [0.5, 0.6) is 0 Å². The Bertz CT molecular complexity index is 159. The third-order valence-corrected chi connectivity index (χ3v) is 3.96. The lowest BCUT2D eigenvalue weighted by molar-refractivity contribution is 0.484. The molecule has 0 bridgehead atoms. The van der Waals surface area contributed by atoms with Crippen molar-refractivity contribution < 1.29 is 0 Å². The first-order chi connectivity index (χ1) is 9.31. The minimum absolute atomic E-state index is 0.443. The van der Waals surface area contributed by atoms with Crippen LogP contribution in [0.15, 0.2) is 0 Å². The zero-order chi connectivity index (χ0) is 14.2. The van der Waals surface area contributed by atoms with Gasteiger partial charge in [0.05, 0.1) is 0 Å². The summed E-state index contributed by atoms with van der Waals surface area (Å²) >= 11 is 0. The van der Waals surface area contributed by atoms with Gasteiger partial charge in [-0.05, 0) is 25.8 Å². The van der Waals surface area contributed by atoms with Crippen molar-refractivity contribution in [1.82, 2.24) is 0 Å². The highest BCUT2D eigenvalue weighted by Gasteiger charge is 2.02. The third-order valence-electron chi connectivity index (χ3n) is 3.96.